The first-order chi connectivity index (χ1) is 15.1. The van der Waals surface area contributed by atoms with Crippen molar-refractivity contribution in [2.75, 3.05) is 0 Å². The summed E-state index contributed by atoms with van der Waals surface area (Å²) in [4.78, 5) is 25.0. The molecule has 1 heterocycles. The molecule has 2 rings (SSSR count). The molecule has 1 atom stereocenters. The van der Waals surface area contributed by atoms with Crippen LogP contribution in [0.4, 0.5) is 0 Å². The number of hydrogen-bond donors (Lipinski definition) is 3. The van der Waals surface area contributed by atoms with Gasteiger partial charge in [-0.2, -0.15) is 0 Å². The third-order valence-corrected chi connectivity index (χ3v) is 5.51. The normalized spacial score (nSPS) is 12.8. The van der Waals surface area contributed by atoms with Crippen LogP contribution in [0.25, 0.3) is 11.0 Å². The van der Waals surface area contributed by atoms with Crippen LogP contribution in [0.1, 0.15) is 94.3 Å². The van der Waals surface area contributed by atoms with Crippen molar-refractivity contribution in [3.05, 3.63) is 56.5 Å². The lowest BCUT2D eigenvalue weighted by atomic mass is 9.92. The van der Waals surface area contributed by atoms with Crippen molar-refractivity contribution in [1.82, 2.24) is 0 Å². The lowest BCUT2D eigenvalue weighted by Gasteiger charge is -2.18. The Morgan fingerprint density at radius 1 is 1.09 bits per heavy atom. The fourth-order valence-electron chi connectivity index (χ4n) is 3.72. The Balaban J connectivity index is 2.74. The van der Waals surface area contributed by atoms with Gasteiger partial charge < -0.3 is 19.7 Å². The van der Waals surface area contributed by atoms with Crippen molar-refractivity contribution in [3.63, 3.8) is 0 Å². The molecule has 0 aliphatic carbocycles. The average molecular weight is 443 g/mol. The quantitative estimate of drug-likeness (QED) is 0.241. The molecule has 0 aliphatic rings. The number of fused-ring (bicyclic) bond motifs is 1. The number of allylic oxidation sites excluding steroid dienone is 4. The second-order valence-corrected chi connectivity index (χ2v) is 8.45. The van der Waals surface area contributed by atoms with Gasteiger partial charge in [-0.3, -0.25) is 4.79 Å². The van der Waals surface area contributed by atoms with E-state index in [4.69, 9.17) is 4.42 Å². The first-order valence-corrected chi connectivity index (χ1v) is 11.2. The van der Waals surface area contributed by atoms with Crippen LogP contribution in [0.5, 0.6) is 11.5 Å². The standard InChI is InChI=1S/C26H34O6/c1-6-9-20(28)23-24(30)17(13-12-16(5)11-8-10-15(3)4)26-22(25(23)31)18(19(27)7-2)14-21(29)32-26/h10,12,14,19,27,30-31H,6-9,11,13H2,1-5H3/t19-/m0/s1. The Hall–Kier alpha value is -2.86. The Bertz CT molecular complexity index is 1100. The number of carbonyl (C=O) groups excluding carboxylic acids is 1. The van der Waals surface area contributed by atoms with Crippen molar-refractivity contribution in [2.24, 2.45) is 0 Å². The number of aliphatic hydroxyl groups is 1. The summed E-state index contributed by atoms with van der Waals surface area (Å²) >= 11 is 0. The first-order valence-electron chi connectivity index (χ1n) is 11.2. The van der Waals surface area contributed by atoms with Gasteiger partial charge in [0, 0.05) is 23.6 Å². The molecule has 174 valence electrons. The number of rotatable bonds is 10. The zero-order valence-corrected chi connectivity index (χ0v) is 19.6. The van der Waals surface area contributed by atoms with E-state index in [2.05, 4.69) is 6.08 Å². The highest BCUT2D eigenvalue weighted by Gasteiger charge is 2.28. The van der Waals surface area contributed by atoms with E-state index in [9.17, 15) is 24.9 Å². The van der Waals surface area contributed by atoms with E-state index in [-0.39, 0.29) is 46.3 Å². The highest BCUT2D eigenvalue weighted by Crippen LogP contribution is 2.43. The van der Waals surface area contributed by atoms with Crippen LogP contribution < -0.4 is 5.63 Å². The van der Waals surface area contributed by atoms with Gasteiger partial charge in [0.15, 0.2) is 5.78 Å². The first kappa shape index (κ1) is 25.4. The number of carbonyl (C=O) groups is 1. The molecule has 3 N–H and O–H groups in total. The number of phenolic OH excluding ortho intramolecular Hbond substituents is 2. The fourth-order valence-corrected chi connectivity index (χ4v) is 3.72. The molecule has 0 bridgehead atoms. The molecule has 6 heteroatoms. The van der Waals surface area contributed by atoms with Gasteiger partial charge in [0.05, 0.1) is 11.5 Å². The minimum atomic E-state index is -1.03. The van der Waals surface area contributed by atoms with E-state index < -0.39 is 23.3 Å². The van der Waals surface area contributed by atoms with Crippen LogP contribution in [0.15, 0.2) is 38.6 Å². The zero-order valence-electron chi connectivity index (χ0n) is 19.6. The van der Waals surface area contributed by atoms with Crippen LogP contribution in [0.3, 0.4) is 0 Å². The van der Waals surface area contributed by atoms with Crippen molar-refractivity contribution < 1.29 is 24.5 Å². The third-order valence-electron chi connectivity index (χ3n) is 5.51. The van der Waals surface area contributed by atoms with Crippen molar-refractivity contribution in [2.45, 2.75) is 79.2 Å². The van der Waals surface area contributed by atoms with Crippen LogP contribution >= 0.6 is 0 Å². The Labute approximate surface area is 188 Å². The van der Waals surface area contributed by atoms with Crippen LogP contribution in [-0.2, 0) is 6.42 Å². The topological polar surface area (TPSA) is 108 Å². The van der Waals surface area contributed by atoms with Crippen LogP contribution in [0.2, 0.25) is 0 Å². The molecule has 0 spiro atoms. The van der Waals surface area contributed by atoms with Gasteiger partial charge in [-0.25, -0.2) is 4.79 Å². The minimum Gasteiger partial charge on any atom is -0.507 e. The van der Waals surface area contributed by atoms with Gasteiger partial charge in [0.1, 0.15) is 22.6 Å². The van der Waals surface area contributed by atoms with E-state index >= 15 is 0 Å². The summed E-state index contributed by atoms with van der Waals surface area (Å²) in [5.74, 6) is -1.25. The lowest BCUT2D eigenvalue weighted by molar-refractivity contribution is 0.0976. The molecule has 0 radical (unpaired) electrons. The maximum absolute atomic E-state index is 12.7. The van der Waals surface area contributed by atoms with Gasteiger partial charge in [-0.1, -0.05) is 37.1 Å². The van der Waals surface area contributed by atoms with Crippen LogP contribution in [-0.4, -0.2) is 21.1 Å². The summed E-state index contributed by atoms with van der Waals surface area (Å²) in [6, 6.07) is 1.13. The molecule has 0 aliphatic heterocycles. The van der Waals surface area contributed by atoms with Gasteiger partial charge in [0.25, 0.3) is 0 Å². The number of ketones is 1. The maximum atomic E-state index is 12.7. The number of Topliss-reactive ketones (excluding diaryl/α,β-unsaturated/α-hetero) is 1. The molecule has 0 amide bonds. The Morgan fingerprint density at radius 3 is 2.38 bits per heavy atom. The molecule has 0 unspecified atom stereocenters. The summed E-state index contributed by atoms with van der Waals surface area (Å²) in [5, 5.41) is 32.5. The average Bonchev–Trinajstić information content (AvgIpc) is 2.72. The maximum Gasteiger partial charge on any atom is 0.336 e. The van der Waals surface area contributed by atoms with Gasteiger partial charge in [-0.05, 0) is 52.9 Å². The molecule has 1 aromatic heterocycles. The predicted octanol–water partition coefficient (Wildman–Crippen LogP) is 5.87. The number of benzene rings is 1. The summed E-state index contributed by atoms with van der Waals surface area (Å²) in [6.07, 6.45) is 5.95. The SMILES string of the molecule is CCCC(=O)c1c(O)c(CC=C(C)CCC=C(C)C)c2oc(=O)cc([C@@H](O)CC)c2c1O. The number of hydrogen-bond acceptors (Lipinski definition) is 6. The van der Waals surface area contributed by atoms with E-state index in [0.717, 1.165) is 24.5 Å². The molecule has 1 aromatic carbocycles. The Morgan fingerprint density at radius 2 is 1.78 bits per heavy atom. The molecule has 32 heavy (non-hydrogen) atoms. The molecule has 0 saturated heterocycles. The van der Waals surface area contributed by atoms with E-state index in [1.54, 1.807) is 6.92 Å². The molecular formula is C26H34O6. The highest BCUT2D eigenvalue weighted by molar-refractivity contribution is 6.08. The van der Waals surface area contributed by atoms with Crippen molar-refractivity contribution in [1.29, 1.82) is 0 Å². The number of aromatic hydroxyl groups is 2. The monoisotopic (exact) mass is 442 g/mol. The zero-order chi connectivity index (χ0) is 24.0. The summed E-state index contributed by atoms with van der Waals surface area (Å²) in [6.45, 7) is 9.63. The number of phenols is 2. The fraction of sp³-hybridized carbons (Fsp3) is 0.462. The smallest absolute Gasteiger partial charge is 0.336 e. The lowest BCUT2D eigenvalue weighted by Crippen LogP contribution is -2.09. The molecular weight excluding hydrogens is 408 g/mol. The van der Waals surface area contributed by atoms with E-state index in [0.29, 0.717) is 12.8 Å². The van der Waals surface area contributed by atoms with Gasteiger partial charge in [0.2, 0.25) is 0 Å². The molecule has 0 fully saturated rings. The highest BCUT2D eigenvalue weighted by atomic mass is 16.4. The minimum absolute atomic E-state index is 0.00334. The van der Waals surface area contributed by atoms with E-state index in [1.807, 2.05) is 33.8 Å². The largest absolute Gasteiger partial charge is 0.507 e. The predicted molar refractivity (Wildman–Crippen MR) is 126 cm³/mol. The molecule has 0 saturated carbocycles. The van der Waals surface area contributed by atoms with Gasteiger partial charge in [-0.15, -0.1) is 0 Å². The third kappa shape index (κ3) is 5.68. The second kappa shape index (κ2) is 11.1. The second-order valence-electron chi connectivity index (χ2n) is 8.45. The summed E-state index contributed by atoms with van der Waals surface area (Å²) in [5.41, 5.74) is 1.87. The molecule has 2 aromatic rings. The number of aliphatic hydroxyl groups excluding tert-OH is 1. The summed E-state index contributed by atoms with van der Waals surface area (Å²) in [7, 11) is 0. The van der Waals surface area contributed by atoms with Crippen LogP contribution in [0, 0.1) is 0 Å². The summed E-state index contributed by atoms with van der Waals surface area (Å²) < 4.78 is 5.39. The van der Waals surface area contributed by atoms with Crippen molar-refractivity contribution >= 4 is 16.8 Å². The van der Waals surface area contributed by atoms with Crippen molar-refractivity contribution in [3.8, 4) is 11.5 Å². The molecule has 6 nitrogen and oxygen atoms in total. The van der Waals surface area contributed by atoms with E-state index in [1.165, 1.54) is 5.57 Å². The van der Waals surface area contributed by atoms with Gasteiger partial charge >= 0.3 is 5.63 Å². The Kier molecular flexibility index (Phi) is 8.84.